The van der Waals surface area contributed by atoms with Crippen LogP contribution in [-0.4, -0.2) is 41.3 Å². The normalized spacial score (nSPS) is 19.8. The van der Waals surface area contributed by atoms with E-state index in [1.165, 1.54) is 31.3 Å². The average molecular weight is 436 g/mol. The number of hydrogen-bond acceptors (Lipinski definition) is 4. The summed E-state index contributed by atoms with van der Waals surface area (Å²) < 4.78 is 5.81. The molecule has 0 atom stereocenters. The number of likely N-dealkylation sites (tertiary alicyclic amines) is 1. The van der Waals surface area contributed by atoms with Crippen LogP contribution in [0.25, 0.3) is 11.1 Å². The fraction of sp³-hybridized carbons (Fsp3) is 0.577. The molecule has 32 heavy (non-hydrogen) atoms. The molecule has 0 spiro atoms. The minimum atomic E-state index is 0.0477. The van der Waals surface area contributed by atoms with Crippen LogP contribution in [0.4, 0.5) is 0 Å². The summed E-state index contributed by atoms with van der Waals surface area (Å²) in [5.41, 5.74) is 3.69. The van der Waals surface area contributed by atoms with Crippen molar-refractivity contribution in [3.8, 4) is 0 Å². The number of carbonyl (C=O) groups is 2. The van der Waals surface area contributed by atoms with E-state index in [-0.39, 0.29) is 11.8 Å². The zero-order valence-electron chi connectivity index (χ0n) is 18.8. The lowest BCUT2D eigenvalue weighted by atomic mass is 9.92. The third-order valence-electron chi connectivity index (χ3n) is 7.11. The van der Waals surface area contributed by atoms with Crippen LogP contribution in [0.1, 0.15) is 86.4 Å². The van der Waals surface area contributed by atoms with E-state index in [4.69, 9.17) is 4.42 Å². The van der Waals surface area contributed by atoms with E-state index < -0.39 is 0 Å². The Morgan fingerprint density at radius 1 is 1.12 bits per heavy atom. The first-order valence-electron chi connectivity index (χ1n) is 12.3. The predicted octanol–water partition coefficient (Wildman–Crippen LogP) is 4.95. The molecule has 2 fully saturated rings. The van der Waals surface area contributed by atoms with Gasteiger partial charge in [0.1, 0.15) is 5.52 Å². The van der Waals surface area contributed by atoms with E-state index in [0.29, 0.717) is 36.9 Å². The number of oxazole rings is 1. The van der Waals surface area contributed by atoms with E-state index in [2.05, 4.69) is 16.4 Å². The molecule has 2 amide bonds. The lowest BCUT2D eigenvalue weighted by Gasteiger charge is -2.31. The van der Waals surface area contributed by atoms with E-state index in [1.807, 2.05) is 23.1 Å². The van der Waals surface area contributed by atoms with Gasteiger partial charge in [-0.3, -0.25) is 9.59 Å². The van der Waals surface area contributed by atoms with E-state index >= 15 is 0 Å². The molecule has 0 bridgehead atoms. The van der Waals surface area contributed by atoms with Gasteiger partial charge in [-0.2, -0.15) is 0 Å². The highest BCUT2D eigenvalue weighted by molar-refractivity contribution is 5.97. The zero-order valence-corrected chi connectivity index (χ0v) is 18.8. The monoisotopic (exact) mass is 435 g/mol. The minimum absolute atomic E-state index is 0.0477. The summed E-state index contributed by atoms with van der Waals surface area (Å²) in [6, 6.07) is 5.56. The summed E-state index contributed by atoms with van der Waals surface area (Å²) >= 11 is 0. The van der Waals surface area contributed by atoms with Crippen molar-refractivity contribution >= 4 is 22.9 Å². The summed E-state index contributed by atoms with van der Waals surface area (Å²) in [7, 11) is 0. The number of hydrogen-bond donors (Lipinski definition) is 1. The van der Waals surface area contributed by atoms with Gasteiger partial charge in [-0.25, -0.2) is 4.98 Å². The molecule has 1 aliphatic heterocycles. The Morgan fingerprint density at radius 2 is 1.97 bits per heavy atom. The van der Waals surface area contributed by atoms with Crippen molar-refractivity contribution in [1.82, 2.24) is 15.2 Å². The van der Waals surface area contributed by atoms with Crippen LogP contribution in [0.15, 0.2) is 34.3 Å². The van der Waals surface area contributed by atoms with Crippen molar-refractivity contribution < 1.29 is 14.0 Å². The Hall–Kier alpha value is -2.63. The molecule has 170 valence electrons. The van der Waals surface area contributed by atoms with Gasteiger partial charge in [-0.15, -0.1) is 0 Å². The Kier molecular flexibility index (Phi) is 6.28. The number of amides is 2. The first kappa shape index (κ1) is 21.2. The van der Waals surface area contributed by atoms with Gasteiger partial charge >= 0.3 is 0 Å². The van der Waals surface area contributed by atoms with Crippen LogP contribution in [0.3, 0.4) is 0 Å². The fourth-order valence-corrected chi connectivity index (χ4v) is 4.93. The zero-order chi connectivity index (χ0) is 21.9. The van der Waals surface area contributed by atoms with Crippen molar-refractivity contribution in [3.05, 3.63) is 41.3 Å². The minimum Gasteiger partial charge on any atom is -0.440 e. The molecule has 1 saturated heterocycles. The predicted molar refractivity (Wildman–Crippen MR) is 123 cm³/mol. The number of nitrogens with one attached hydrogen (secondary N) is 1. The molecule has 1 aromatic heterocycles. The molecule has 1 saturated carbocycles. The fourth-order valence-electron chi connectivity index (χ4n) is 4.93. The van der Waals surface area contributed by atoms with Crippen molar-refractivity contribution in [2.24, 2.45) is 5.92 Å². The lowest BCUT2D eigenvalue weighted by Crippen LogP contribution is -2.39. The van der Waals surface area contributed by atoms with Crippen LogP contribution in [-0.2, 0) is 4.79 Å². The quantitative estimate of drug-likeness (QED) is 0.624. The number of allylic oxidation sites excluding steroid dienone is 1. The van der Waals surface area contributed by atoms with E-state index in [9.17, 15) is 9.59 Å². The van der Waals surface area contributed by atoms with E-state index in [0.717, 1.165) is 55.6 Å². The van der Waals surface area contributed by atoms with Gasteiger partial charge in [-0.1, -0.05) is 11.6 Å². The van der Waals surface area contributed by atoms with Crippen LogP contribution in [0.2, 0.25) is 0 Å². The number of benzene rings is 1. The lowest BCUT2D eigenvalue weighted by molar-refractivity contribution is -0.122. The topological polar surface area (TPSA) is 75.4 Å². The molecule has 3 aliphatic rings. The van der Waals surface area contributed by atoms with Crippen molar-refractivity contribution in [3.63, 3.8) is 0 Å². The largest absolute Gasteiger partial charge is 0.440 e. The van der Waals surface area contributed by atoms with Gasteiger partial charge in [0.25, 0.3) is 5.91 Å². The molecule has 0 radical (unpaired) electrons. The van der Waals surface area contributed by atoms with Gasteiger partial charge < -0.3 is 14.6 Å². The highest BCUT2D eigenvalue weighted by Crippen LogP contribution is 2.40. The van der Waals surface area contributed by atoms with Crippen LogP contribution in [0.5, 0.6) is 0 Å². The summed E-state index contributed by atoms with van der Waals surface area (Å²) in [5.74, 6) is 1.81. The molecule has 1 aromatic carbocycles. The third kappa shape index (κ3) is 5.05. The Bertz CT molecular complexity index is 1010. The first-order chi connectivity index (χ1) is 15.7. The maximum absolute atomic E-state index is 13.0. The van der Waals surface area contributed by atoms with E-state index in [1.54, 1.807) is 0 Å². The van der Waals surface area contributed by atoms with Crippen LogP contribution in [0, 0.1) is 5.92 Å². The van der Waals surface area contributed by atoms with Gasteiger partial charge in [0.2, 0.25) is 5.91 Å². The number of carbonyl (C=O) groups excluding carboxylic acids is 2. The second-order valence-electron chi connectivity index (χ2n) is 9.66. The Morgan fingerprint density at radius 3 is 2.72 bits per heavy atom. The molecular formula is C26H33N3O3. The van der Waals surface area contributed by atoms with Gasteiger partial charge in [0.05, 0.1) is 0 Å². The number of aromatic nitrogens is 1. The second kappa shape index (κ2) is 9.47. The van der Waals surface area contributed by atoms with Crippen molar-refractivity contribution in [2.45, 2.75) is 70.1 Å². The maximum atomic E-state index is 13.0. The van der Waals surface area contributed by atoms with Crippen molar-refractivity contribution in [1.29, 1.82) is 0 Å². The Labute approximate surface area is 189 Å². The highest BCUT2D eigenvalue weighted by Gasteiger charge is 2.29. The summed E-state index contributed by atoms with van der Waals surface area (Å²) in [4.78, 5) is 31.8. The molecule has 1 N–H and O–H groups in total. The van der Waals surface area contributed by atoms with Gasteiger partial charge in [0, 0.05) is 37.5 Å². The SMILES string of the molecule is O=C(CC1CCN(C(=O)c2ccc3oc(C4CC4)nc3c2)CC1)NCCC1=CCCCC1. The average Bonchev–Trinajstić information content (AvgIpc) is 3.58. The number of nitrogens with zero attached hydrogens (tertiary/aromatic N) is 2. The first-order valence-corrected chi connectivity index (χ1v) is 12.3. The summed E-state index contributed by atoms with van der Waals surface area (Å²) in [6.45, 7) is 2.15. The molecule has 2 aliphatic carbocycles. The summed E-state index contributed by atoms with van der Waals surface area (Å²) in [6.07, 6.45) is 12.9. The molecule has 5 rings (SSSR count). The third-order valence-corrected chi connectivity index (χ3v) is 7.11. The van der Waals surface area contributed by atoms with Crippen molar-refractivity contribution in [2.75, 3.05) is 19.6 Å². The molecule has 0 unspecified atom stereocenters. The molecule has 2 aromatic rings. The van der Waals surface area contributed by atoms with Crippen LogP contribution < -0.4 is 5.32 Å². The maximum Gasteiger partial charge on any atom is 0.253 e. The summed E-state index contributed by atoms with van der Waals surface area (Å²) in [5, 5.41) is 3.09. The van der Waals surface area contributed by atoms with Gasteiger partial charge in [0.15, 0.2) is 11.5 Å². The second-order valence-corrected chi connectivity index (χ2v) is 9.66. The smallest absolute Gasteiger partial charge is 0.253 e. The van der Waals surface area contributed by atoms with Crippen LogP contribution >= 0.6 is 0 Å². The number of rotatable bonds is 7. The number of fused-ring (bicyclic) bond motifs is 1. The highest BCUT2D eigenvalue weighted by atomic mass is 16.3. The Balaban J connectivity index is 1.08. The molecule has 2 heterocycles. The number of piperidine rings is 1. The molecule has 6 heteroatoms. The van der Waals surface area contributed by atoms with Gasteiger partial charge in [-0.05, 0) is 81.9 Å². The molecule has 6 nitrogen and oxygen atoms in total. The molecular weight excluding hydrogens is 402 g/mol. The standard InChI is InChI=1S/C26H33N3O3/c30-24(27-13-10-18-4-2-1-3-5-18)16-19-11-14-29(15-12-19)26(31)21-8-9-23-22(17-21)28-25(32-23)20-6-7-20/h4,8-9,17,19-20H,1-3,5-7,10-16H2,(H,27,30).